The maximum atomic E-state index is 11.7. The molecule has 1 fully saturated rings. The molecular formula is C14H16ClN3O2. The number of amides is 1. The van der Waals surface area contributed by atoms with E-state index < -0.39 is 0 Å². The van der Waals surface area contributed by atoms with Crippen LogP contribution in [0.5, 0.6) is 5.75 Å². The molecule has 0 radical (unpaired) electrons. The van der Waals surface area contributed by atoms with Gasteiger partial charge in [0, 0.05) is 38.3 Å². The van der Waals surface area contributed by atoms with Crippen molar-refractivity contribution in [2.45, 2.75) is 12.5 Å². The number of hydrogen-bond acceptors (Lipinski definition) is 4. The van der Waals surface area contributed by atoms with Gasteiger partial charge < -0.3 is 14.5 Å². The number of anilines is 1. The molecule has 0 spiro atoms. The lowest BCUT2D eigenvalue weighted by atomic mass is 10.1. The highest BCUT2D eigenvalue weighted by atomic mass is 35.5. The third-order valence-corrected chi connectivity index (χ3v) is 3.96. The molecule has 3 rings (SSSR count). The minimum atomic E-state index is -0.0147. The van der Waals surface area contributed by atoms with Gasteiger partial charge in [0.05, 0.1) is 17.7 Å². The second-order valence-corrected chi connectivity index (χ2v) is 5.38. The number of carbonyl (C=O) groups is 1. The molecule has 0 aliphatic carbocycles. The molecule has 6 heteroatoms. The van der Waals surface area contributed by atoms with Crippen LogP contribution in [0.1, 0.15) is 6.42 Å². The molecule has 5 nitrogen and oxygen atoms in total. The topological polar surface area (TPSA) is 45.7 Å². The third-order valence-electron chi connectivity index (χ3n) is 3.75. The largest absolute Gasteiger partial charge is 0.490 e. The first kappa shape index (κ1) is 13.2. The van der Waals surface area contributed by atoms with E-state index in [4.69, 9.17) is 16.3 Å². The van der Waals surface area contributed by atoms with Gasteiger partial charge in [-0.1, -0.05) is 18.2 Å². The molecule has 106 valence electrons. The van der Waals surface area contributed by atoms with Crippen LogP contribution in [-0.4, -0.2) is 48.1 Å². The quantitative estimate of drug-likeness (QED) is 0.740. The first-order valence-corrected chi connectivity index (χ1v) is 7.03. The van der Waals surface area contributed by atoms with Gasteiger partial charge >= 0.3 is 0 Å². The van der Waals surface area contributed by atoms with Gasteiger partial charge in [-0.25, -0.2) is 4.98 Å². The van der Waals surface area contributed by atoms with Crippen LogP contribution in [-0.2, 0) is 4.79 Å². The molecule has 0 bridgehead atoms. The summed E-state index contributed by atoms with van der Waals surface area (Å²) in [7, 11) is 0. The lowest BCUT2D eigenvalue weighted by Crippen LogP contribution is -2.54. The lowest BCUT2D eigenvalue weighted by molar-refractivity contribution is -0.126. The molecule has 2 aliphatic heterocycles. The molecule has 2 aliphatic rings. The highest BCUT2D eigenvalue weighted by Crippen LogP contribution is 2.34. The van der Waals surface area contributed by atoms with Crippen LogP contribution in [0, 0.1) is 0 Å². The van der Waals surface area contributed by atoms with Gasteiger partial charge in [0.15, 0.2) is 11.6 Å². The molecule has 0 unspecified atom stereocenters. The van der Waals surface area contributed by atoms with Gasteiger partial charge in [-0.2, -0.15) is 0 Å². The molecule has 0 saturated carbocycles. The highest BCUT2D eigenvalue weighted by molar-refractivity contribution is 6.30. The van der Waals surface area contributed by atoms with Crippen LogP contribution in [0.4, 0.5) is 5.82 Å². The number of aromatic nitrogens is 1. The van der Waals surface area contributed by atoms with E-state index in [9.17, 15) is 4.79 Å². The van der Waals surface area contributed by atoms with Crippen molar-refractivity contribution in [1.29, 1.82) is 0 Å². The van der Waals surface area contributed by atoms with Crippen LogP contribution in [0.15, 0.2) is 24.9 Å². The number of carbonyl (C=O) groups excluding carboxylic acids is 1. The van der Waals surface area contributed by atoms with Crippen molar-refractivity contribution in [2.24, 2.45) is 0 Å². The normalized spacial score (nSPS) is 21.4. The first-order chi connectivity index (χ1) is 9.69. The lowest BCUT2D eigenvalue weighted by Gasteiger charge is -2.40. The standard InChI is InChI=1S/C14H16ClN3O2/c1-2-13(19)17-4-5-18-11(9-17)3-6-20-12-7-10(15)8-16-14(12)18/h2,7-8,11H,1,3-6,9H2/t11-/m1/s1. The smallest absolute Gasteiger partial charge is 0.246 e. The SMILES string of the molecule is C=CC(=O)N1CCN2c3ncc(Cl)cc3OCC[C@@H]2C1. The monoisotopic (exact) mass is 293 g/mol. The zero-order valence-corrected chi connectivity index (χ0v) is 11.8. The fraction of sp³-hybridized carbons (Fsp3) is 0.429. The van der Waals surface area contributed by atoms with Crippen molar-refractivity contribution < 1.29 is 9.53 Å². The van der Waals surface area contributed by atoms with Crippen molar-refractivity contribution in [1.82, 2.24) is 9.88 Å². The van der Waals surface area contributed by atoms with Crippen LogP contribution in [0.2, 0.25) is 5.02 Å². The summed E-state index contributed by atoms with van der Waals surface area (Å²) < 4.78 is 5.73. The number of nitrogens with zero attached hydrogens (tertiary/aromatic N) is 3. The van der Waals surface area contributed by atoms with Crippen molar-refractivity contribution in [3.8, 4) is 5.75 Å². The molecule has 1 amide bonds. The number of halogens is 1. The molecule has 1 aromatic rings. The summed E-state index contributed by atoms with van der Waals surface area (Å²) in [4.78, 5) is 20.2. The highest BCUT2D eigenvalue weighted by Gasteiger charge is 2.33. The van der Waals surface area contributed by atoms with Gasteiger partial charge in [0.2, 0.25) is 5.91 Å². The second kappa shape index (κ2) is 5.32. The summed E-state index contributed by atoms with van der Waals surface area (Å²) in [5, 5.41) is 0.572. The van der Waals surface area contributed by atoms with Gasteiger partial charge in [-0.15, -0.1) is 0 Å². The minimum Gasteiger partial charge on any atom is -0.490 e. The molecule has 1 saturated heterocycles. The van der Waals surface area contributed by atoms with Gasteiger partial charge in [0.25, 0.3) is 0 Å². The van der Waals surface area contributed by atoms with E-state index >= 15 is 0 Å². The zero-order valence-electron chi connectivity index (χ0n) is 11.1. The molecule has 20 heavy (non-hydrogen) atoms. The fourth-order valence-electron chi connectivity index (χ4n) is 2.75. The fourth-order valence-corrected chi connectivity index (χ4v) is 2.90. The van der Waals surface area contributed by atoms with Crippen molar-refractivity contribution in [2.75, 3.05) is 31.1 Å². The van der Waals surface area contributed by atoms with E-state index in [0.717, 1.165) is 24.5 Å². The van der Waals surface area contributed by atoms with E-state index in [-0.39, 0.29) is 11.9 Å². The number of ether oxygens (including phenoxy) is 1. The van der Waals surface area contributed by atoms with Crippen molar-refractivity contribution in [3.05, 3.63) is 29.9 Å². The summed E-state index contributed by atoms with van der Waals surface area (Å²) in [6, 6.07) is 2.02. The van der Waals surface area contributed by atoms with E-state index in [0.29, 0.717) is 24.7 Å². The van der Waals surface area contributed by atoms with E-state index in [1.54, 1.807) is 12.3 Å². The Balaban J connectivity index is 1.87. The van der Waals surface area contributed by atoms with Crippen LogP contribution in [0.25, 0.3) is 0 Å². The molecule has 0 aromatic carbocycles. The Labute approximate surface area is 122 Å². The number of piperazine rings is 1. The Kier molecular flexibility index (Phi) is 3.53. The molecule has 3 heterocycles. The van der Waals surface area contributed by atoms with Crippen LogP contribution in [0.3, 0.4) is 0 Å². The first-order valence-electron chi connectivity index (χ1n) is 6.65. The van der Waals surface area contributed by atoms with Crippen LogP contribution < -0.4 is 9.64 Å². The zero-order chi connectivity index (χ0) is 14.1. The number of fused-ring (bicyclic) bond motifs is 3. The number of pyridine rings is 1. The summed E-state index contributed by atoms with van der Waals surface area (Å²) in [5.74, 6) is 1.53. The third kappa shape index (κ3) is 2.33. The van der Waals surface area contributed by atoms with Crippen molar-refractivity contribution >= 4 is 23.3 Å². The van der Waals surface area contributed by atoms with E-state index in [1.165, 1.54) is 6.08 Å². The maximum absolute atomic E-state index is 11.7. The maximum Gasteiger partial charge on any atom is 0.246 e. The van der Waals surface area contributed by atoms with Crippen molar-refractivity contribution in [3.63, 3.8) is 0 Å². The molecule has 0 N–H and O–H groups in total. The van der Waals surface area contributed by atoms with Crippen LogP contribution >= 0.6 is 11.6 Å². The number of rotatable bonds is 1. The van der Waals surface area contributed by atoms with E-state index in [1.807, 2.05) is 4.90 Å². The summed E-state index contributed by atoms with van der Waals surface area (Å²) in [6.07, 6.45) is 3.86. The average molecular weight is 294 g/mol. The summed E-state index contributed by atoms with van der Waals surface area (Å²) in [5.41, 5.74) is 0. The Morgan fingerprint density at radius 2 is 2.40 bits per heavy atom. The van der Waals surface area contributed by atoms with Gasteiger partial charge in [-0.05, 0) is 6.08 Å². The van der Waals surface area contributed by atoms with Gasteiger partial charge in [-0.3, -0.25) is 4.79 Å². The predicted molar refractivity (Wildman–Crippen MR) is 77.3 cm³/mol. The molecule has 1 aromatic heterocycles. The summed E-state index contributed by atoms with van der Waals surface area (Å²) in [6.45, 7) is 6.25. The minimum absolute atomic E-state index is 0.0147. The Morgan fingerprint density at radius 3 is 3.20 bits per heavy atom. The molecule has 1 atom stereocenters. The predicted octanol–water partition coefficient (Wildman–Crippen LogP) is 1.72. The number of hydrogen-bond donors (Lipinski definition) is 0. The van der Waals surface area contributed by atoms with E-state index in [2.05, 4.69) is 16.5 Å². The Hall–Kier alpha value is -1.75. The summed E-state index contributed by atoms with van der Waals surface area (Å²) >= 11 is 5.96. The average Bonchev–Trinajstić information content (AvgIpc) is 2.64. The molecular weight excluding hydrogens is 278 g/mol. The second-order valence-electron chi connectivity index (χ2n) is 4.95. The van der Waals surface area contributed by atoms with Gasteiger partial charge in [0.1, 0.15) is 0 Å². The Bertz CT molecular complexity index is 549. The Morgan fingerprint density at radius 1 is 1.55 bits per heavy atom.